The van der Waals surface area contributed by atoms with Gasteiger partial charge in [-0.1, -0.05) is 6.08 Å². The number of rotatable bonds is 11. The highest BCUT2D eigenvalue weighted by Gasteiger charge is 2.55. The number of carbonyl (C=O) groups excluding carboxylic acids is 2. The van der Waals surface area contributed by atoms with Gasteiger partial charge in [-0.3, -0.25) is 9.52 Å². The lowest BCUT2D eigenvalue weighted by Gasteiger charge is -2.23. The summed E-state index contributed by atoms with van der Waals surface area (Å²) in [5, 5.41) is 2.37. The van der Waals surface area contributed by atoms with Crippen molar-refractivity contribution in [2.24, 2.45) is 0 Å². The maximum absolute atomic E-state index is 12.6. The molecule has 0 spiro atoms. The summed E-state index contributed by atoms with van der Waals surface area (Å²) in [4.78, 5) is 24.3. The molecule has 1 aliphatic carbocycles. The molecule has 0 aromatic carbocycles. The van der Waals surface area contributed by atoms with E-state index in [0.29, 0.717) is 19.4 Å². The molecule has 2 amide bonds. The highest BCUT2D eigenvalue weighted by atomic mass is 32.2. The summed E-state index contributed by atoms with van der Waals surface area (Å²) in [6, 6.07) is -1.11. The van der Waals surface area contributed by atoms with Gasteiger partial charge in [-0.2, -0.15) is 0 Å². The number of ether oxygens (including phenoxy) is 3. The number of methoxy groups -OCH3 is 1. The molecular weight excluding hydrogens is 376 g/mol. The summed E-state index contributed by atoms with van der Waals surface area (Å²) in [5.74, 6) is -0.844. The van der Waals surface area contributed by atoms with Crippen molar-refractivity contribution < 1.29 is 32.2 Å². The third kappa shape index (κ3) is 7.47. The van der Waals surface area contributed by atoms with Crippen molar-refractivity contribution in [2.75, 3.05) is 26.9 Å². The third-order valence-electron chi connectivity index (χ3n) is 3.82. The number of carbonyl (C=O) groups is 2. The number of amides is 2. The second-order valence-corrected chi connectivity index (χ2v) is 9.50. The van der Waals surface area contributed by atoms with Gasteiger partial charge in [0.05, 0.1) is 19.8 Å². The van der Waals surface area contributed by atoms with Crippen LogP contribution in [0.2, 0.25) is 0 Å². The monoisotopic (exact) mass is 406 g/mol. The number of nitrogens with one attached hydrogen (secondary N) is 2. The summed E-state index contributed by atoms with van der Waals surface area (Å²) < 4.78 is 41.4. The van der Waals surface area contributed by atoms with Gasteiger partial charge in [0.1, 0.15) is 16.4 Å². The lowest BCUT2D eigenvalue weighted by molar-refractivity contribution is -0.121. The Bertz CT molecular complexity index is 636. The van der Waals surface area contributed by atoms with E-state index in [2.05, 4.69) is 16.6 Å². The molecule has 1 fully saturated rings. The van der Waals surface area contributed by atoms with E-state index in [1.807, 2.05) is 0 Å². The van der Waals surface area contributed by atoms with E-state index in [1.54, 1.807) is 20.8 Å². The maximum Gasteiger partial charge on any atom is 0.408 e. The Morgan fingerprint density at radius 2 is 1.89 bits per heavy atom. The first kappa shape index (κ1) is 23.4. The molecule has 1 atom stereocenters. The fourth-order valence-electron chi connectivity index (χ4n) is 2.19. The third-order valence-corrected chi connectivity index (χ3v) is 5.96. The van der Waals surface area contributed by atoms with Crippen molar-refractivity contribution in [3.63, 3.8) is 0 Å². The van der Waals surface area contributed by atoms with E-state index in [1.165, 1.54) is 13.2 Å². The number of hydrogen-bond acceptors (Lipinski definition) is 7. The summed E-state index contributed by atoms with van der Waals surface area (Å²) in [7, 11) is -2.44. The van der Waals surface area contributed by atoms with Gasteiger partial charge < -0.3 is 19.5 Å². The molecule has 2 N–H and O–H groups in total. The normalized spacial score (nSPS) is 16.9. The molecule has 0 bridgehead atoms. The van der Waals surface area contributed by atoms with Crippen LogP contribution in [0.3, 0.4) is 0 Å². The van der Waals surface area contributed by atoms with Crippen LogP contribution in [0.25, 0.3) is 0 Å². The van der Waals surface area contributed by atoms with Crippen LogP contribution < -0.4 is 10.0 Å². The Morgan fingerprint density at radius 1 is 1.26 bits per heavy atom. The first-order chi connectivity index (χ1) is 12.5. The Kier molecular flexibility index (Phi) is 8.24. The van der Waals surface area contributed by atoms with Crippen LogP contribution in [-0.4, -0.2) is 63.7 Å². The SMILES string of the molecule is C=CCC(NC(=O)OC(C)(C)C)C(=O)NS(=O)(=O)C1(COCCOC)CC1. The minimum absolute atomic E-state index is 0.0232. The Labute approximate surface area is 160 Å². The molecule has 1 aliphatic rings. The molecule has 0 radical (unpaired) electrons. The quantitative estimate of drug-likeness (QED) is 0.389. The van der Waals surface area contributed by atoms with E-state index in [9.17, 15) is 18.0 Å². The lowest BCUT2D eigenvalue weighted by Crippen LogP contribution is -2.52. The van der Waals surface area contributed by atoms with Crippen LogP contribution in [-0.2, 0) is 29.0 Å². The Hall–Kier alpha value is -1.65. The van der Waals surface area contributed by atoms with Crippen LogP contribution in [0.4, 0.5) is 4.79 Å². The van der Waals surface area contributed by atoms with Crippen molar-refractivity contribution in [3.05, 3.63) is 12.7 Å². The van der Waals surface area contributed by atoms with Gasteiger partial charge in [-0.05, 0) is 40.0 Å². The fourth-order valence-corrected chi connectivity index (χ4v) is 3.69. The average Bonchev–Trinajstić information content (AvgIpc) is 3.30. The smallest absolute Gasteiger partial charge is 0.408 e. The van der Waals surface area contributed by atoms with E-state index >= 15 is 0 Å². The topological polar surface area (TPSA) is 120 Å². The molecule has 0 saturated heterocycles. The fraction of sp³-hybridized carbons (Fsp3) is 0.765. The van der Waals surface area contributed by atoms with E-state index in [4.69, 9.17) is 14.2 Å². The summed E-state index contributed by atoms with van der Waals surface area (Å²) in [5.41, 5.74) is -0.747. The summed E-state index contributed by atoms with van der Waals surface area (Å²) >= 11 is 0. The highest BCUT2D eigenvalue weighted by molar-refractivity contribution is 7.91. The largest absolute Gasteiger partial charge is 0.444 e. The van der Waals surface area contributed by atoms with Crippen LogP contribution in [0.15, 0.2) is 12.7 Å². The molecule has 1 saturated carbocycles. The van der Waals surface area contributed by atoms with Crippen LogP contribution >= 0.6 is 0 Å². The maximum atomic E-state index is 12.6. The van der Waals surface area contributed by atoms with E-state index < -0.39 is 38.4 Å². The lowest BCUT2D eigenvalue weighted by atomic mass is 10.2. The van der Waals surface area contributed by atoms with Gasteiger partial charge in [-0.15, -0.1) is 6.58 Å². The zero-order valence-electron chi connectivity index (χ0n) is 16.4. The minimum atomic E-state index is -3.96. The molecule has 10 heteroatoms. The number of alkyl carbamates (subject to hydrolysis) is 1. The Balaban J connectivity index is 2.71. The average molecular weight is 407 g/mol. The van der Waals surface area contributed by atoms with Crippen LogP contribution in [0.1, 0.15) is 40.0 Å². The summed E-state index contributed by atoms with van der Waals surface area (Å²) in [6.45, 7) is 9.16. The van der Waals surface area contributed by atoms with Crippen molar-refractivity contribution in [3.8, 4) is 0 Å². The van der Waals surface area contributed by atoms with Crippen molar-refractivity contribution in [1.82, 2.24) is 10.0 Å². The van der Waals surface area contributed by atoms with Crippen LogP contribution in [0.5, 0.6) is 0 Å². The zero-order chi connectivity index (χ0) is 20.7. The summed E-state index contributed by atoms with van der Waals surface area (Å²) in [6.07, 6.45) is 1.45. The molecule has 1 unspecified atom stereocenters. The highest BCUT2D eigenvalue weighted by Crippen LogP contribution is 2.43. The van der Waals surface area contributed by atoms with Crippen molar-refractivity contribution in [2.45, 2.75) is 56.4 Å². The van der Waals surface area contributed by atoms with Crippen molar-refractivity contribution >= 4 is 22.0 Å². The second kappa shape index (κ2) is 9.52. The van der Waals surface area contributed by atoms with Gasteiger partial charge in [0.2, 0.25) is 10.0 Å². The van der Waals surface area contributed by atoms with Gasteiger partial charge in [0, 0.05) is 7.11 Å². The first-order valence-corrected chi connectivity index (χ1v) is 10.2. The van der Waals surface area contributed by atoms with Gasteiger partial charge >= 0.3 is 6.09 Å². The number of hydrogen-bond donors (Lipinski definition) is 2. The predicted molar refractivity (Wildman–Crippen MR) is 99.7 cm³/mol. The first-order valence-electron chi connectivity index (χ1n) is 8.70. The predicted octanol–water partition coefficient (Wildman–Crippen LogP) is 1.10. The van der Waals surface area contributed by atoms with E-state index in [-0.39, 0.29) is 19.6 Å². The Morgan fingerprint density at radius 3 is 2.37 bits per heavy atom. The van der Waals surface area contributed by atoms with Crippen LogP contribution in [0, 0.1) is 0 Å². The molecule has 0 aliphatic heterocycles. The molecular formula is C17H30N2O7S. The molecule has 0 heterocycles. The molecule has 0 aromatic rings. The number of sulfonamides is 1. The zero-order valence-corrected chi connectivity index (χ0v) is 17.2. The van der Waals surface area contributed by atoms with Gasteiger partial charge in [0.25, 0.3) is 5.91 Å². The molecule has 9 nitrogen and oxygen atoms in total. The van der Waals surface area contributed by atoms with Crippen molar-refractivity contribution in [1.29, 1.82) is 0 Å². The van der Waals surface area contributed by atoms with E-state index in [0.717, 1.165) is 0 Å². The molecule has 27 heavy (non-hydrogen) atoms. The second-order valence-electron chi connectivity index (χ2n) is 7.42. The molecule has 1 rings (SSSR count). The minimum Gasteiger partial charge on any atom is -0.444 e. The van der Waals surface area contributed by atoms with Gasteiger partial charge in [-0.25, -0.2) is 13.2 Å². The molecule has 0 aromatic heterocycles. The molecule has 156 valence electrons. The van der Waals surface area contributed by atoms with Gasteiger partial charge in [0.15, 0.2) is 0 Å². The standard InChI is InChI=1S/C17H30N2O7S/c1-6-7-13(18-15(21)26-16(2,3)4)14(20)19-27(22,23)17(8-9-17)12-25-11-10-24-5/h6,13H,1,7-12H2,2-5H3,(H,18,21)(H,19,20).